The standard InChI is InChI=1S/C6H9NO6/c7-3(6(12)13)1-2(4(8)9)5(10)11/h2-3H,1,7H2,(H,8,9)(H,10,11)(H,12,13)/p-2. The quantitative estimate of drug-likeness (QED) is 0.425. The number of carbonyl (C=O) groups is 3. The third kappa shape index (κ3) is 3.52. The zero-order chi connectivity index (χ0) is 10.6. The Labute approximate surface area is 72.8 Å². The van der Waals surface area contributed by atoms with E-state index in [0.29, 0.717) is 0 Å². The minimum atomic E-state index is -1.97. The van der Waals surface area contributed by atoms with Crippen LogP contribution in [0.2, 0.25) is 0 Å². The molecule has 1 atom stereocenters. The van der Waals surface area contributed by atoms with Gasteiger partial charge in [-0.25, -0.2) is 0 Å². The van der Waals surface area contributed by atoms with E-state index < -0.39 is 36.3 Å². The van der Waals surface area contributed by atoms with Crippen molar-refractivity contribution in [1.29, 1.82) is 0 Å². The molecule has 1 unspecified atom stereocenters. The minimum Gasteiger partial charge on any atom is -0.549 e. The molecule has 74 valence electrons. The summed E-state index contributed by atoms with van der Waals surface area (Å²) in [5.74, 6) is -7.38. The van der Waals surface area contributed by atoms with Gasteiger partial charge in [-0.15, -0.1) is 0 Å². The molecule has 0 amide bonds. The molecule has 13 heavy (non-hydrogen) atoms. The van der Waals surface area contributed by atoms with Gasteiger partial charge in [-0.3, -0.25) is 0 Å². The van der Waals surface area contributed by atoms with Crippen LogP contribution in [0, 0.1) is 5.92 Å². The largest absolute Gasteiger partial charge is 0.549 e. The molecule has 0 saturated carbocycles. The van der Waals surface area contributed by atoms with Crippen LogP contribution in [-0.4, -0.2) is 23.9 Å². The third-order valence-electron chi connectivity index (χ3n) is 1.42. The number of rotatable bonds is 5. The van der Waals surface area contributed by atoms with E-state index in [1.165, 1.54) is 0 Å². The molecule has 7 nitrogen and oxygen atoms in total. The smallest absolute Gasteiger partial charge is 0.125 e. The maximum Gasteiger partial charge on any atom is 0.125 e. The molecule has 0 aromatic rings. The van der Waals surface area contributed by atoms with E-state index in [1.54, 1.807) is 0 Å². The first-order chi connectivity index (χ1) is 5.86. The van der Waals surface area contributed by atoms with Gasteiger partial charge in [0, 0.05) is 12.3 Å². The molecule has 0 aromatic heterocycles. The predicted octanol–water partition coefficient (Wildman–Crippen LogP) is -6.15. The maximum atomic E-state index is 10.1. The van der Waals surface area contributed by atoms with Gasteiger partial charge in [0.1, 0.15) is 6.04 Å². The molecular formula is C6H7NO6-2. The number of carboxylic acids is 3. The lowest BCUT2D eigenvalue weighted by atomic mass is 10.0. The van der Waals surface area contributed by atoms with Crippen molar-refractivity contribution in [1.82, 2.24) is 0 Å². The van der Waals surface area contributed by atoms with Crippen LogP contribution in [0.25, 0.3) is 0 Å². The highest BCUT2D eigenvalue weighted by atomic mass is 16.4. The first-order valence-corrected chi connectivity index (χ1v) is 3.32. The topological polar surface area (TPSA) is 148 Å². The highest BCUT2D eigenvalue weighted by molar-refractivity contribution is 5.91. The van der Waals surface area contributed by atoms with Gasteiger partial charge in [-0.1, -0.05) is 0 Å². The van der Waals surface area contributed by atoms with E-state index >= 15 is 0 Å². The Morgan fingerprint density at radius 3 is 1.62 bits per heavy atom. The first-order valence-electron chi connectivity index (χ1n) is 3.32. The molecule has 0 radical (unpaired) electrons. The van der Waals surface area contributed by atoms with E-state index in [9.17, 15) is 29.7 Å². The fraction of sp³-hybridized carbons (Fsp3) is 0.500. The van der Waals surface area contributed by atoms with Gasteiger partial charge >= 0.3 is 0 Å². The number of aliphatic carboxylic acids is 3. The Hall–Kier alpha value is -1.63. The summed E-state index contributed by atoms with van der Waals surface area (Å²) in [5.41, 5.74) is 3.00. The Morgan fingerprint density at radius 2 is 1.38 bits per heavy atom. The maximum absolute atomic E-state index is 10.1. The molecule has 0 aliphatic heterocycles. The summed E-state index contributed by atoms with van der Waals surface area (Å²) in [6.45, 7) is 0. The summed E-state index contributed by atoms with van der Waals surface area (Å²) in [6, 6.07) is -1.42. The van der Waals surface area contributed by atoms with E-state index in [1.807, 2.05) is 0 Å². The number of carbonyl (C=O) groups excluding carboxylic acids is 3. The SMILES string of the molecule is [NH3+]C(CC(C(=O)[O-])C(=O)[O-])C(=O)[O-]. The zero-order valence-electron chi connectivity index (χ0n) is 6.52. The molecule has 0 spiro atoms. The summed E-state index contributed by atoms with van der Waals surface area (Å²) < 4.78 is 0. The van der Waals surface area contributed by atoms with Crippen molar-refractivity contribution < 1.29 is 35.4 Å². The van der Waals surface area contributed by atoms with Crippen LogP contribution >= 0.6 is 0 Å². The highest BCUT2D eigenvalue weighted by Gasteiger charge is 2.18. The lowest BCUT2D eigenvalue weighted by Gasteiger charge is -2.20. The lowest BCUT2D eigenvalue weighted by Crippen LogP contribution is -2.69. The van der Waals surface area contributed by atoms with Crippen LogP contribution in [0.15, 0.2) is 0 Å². The van der Waals surface area contributed by atoms with Crippen molar-refractivity contribution in [3.63, 3.8) is 0 Å². The van der Waals surface area contributed by atoms with Gasteiger partial charge in [-0.05, 0) is 0 Å². The summed E-state index contributed by atoms with van der Waals surface area (Å²) in [4.78, 5) is 30.3. The normalized spacial score (nSPS) is 12.5. The van der Waals surface area contributed by atoms with E-state index in [4.69, 9.17) is 0 Å². The molecule has 0 aliphatic carbocycles. The molecule has 0 aliphatic rings. The summed E-state index contributed by atoms with van der Waals surface area (Å²) in [6.07, 6.45) is -0.701. The van der Waals surface area contributed by atoms with Crippen molar-refractivity contribution in [3.05, 3.63) is 0 Å². The second kappa shape index (κ2) is 4.41. The summed E-state index contributed by atoms with van der Waals surface area (Å²) >= 11 is 0. The van der Waals surface area contributed by atoms with E-state index in [-0.39, 0.29) is 0 Å². The van der Waals surface area contributed by atoms with Gasteiger partial charge in [0.05, 0.1) is 17.9 Å². The average molecular weight is 189 g/mol. The zero-order valence-corrected chi connectivity index (χ0v) is 6.52. The van der Waals surface area contributed by atoms with Crippen molar-refractivity contribution in [2.45, 2.75) is 12.5 Å². The fourth-order valence-electron chi connectivity index (χ4n) is 0.669. The Kier molecular flexibility index (Phi) is 3.86. The minimum absolute atomic E-state index is 0.701. The summed E-state index contributed by atoms with van der Waals surface area (Å²) in [5, 5.41) is 30.3. The van der Waals surface area contributed by atoms with Crippen molar-refractivity contribution in [3.8, 4) is 0 Å². The van der Waals surface area contributed by atoms with Gasteiger partial charge in [0.2, 0.25) is 0 Å². The molecule has 0 aromatic carbocycles. The number of quaternary nitrogens is 1. The molecule has 0 rings (SSSR count). The van der Waals surface area contributed by atoms with E-state index in [2.05, 4.69) is 5.73 Å². The Morgan fingerprint density at radius 1 is 1.00 bits per heavy atom. The van der Waals surface area contributed by atoms with Crippen LogP contribution in [0.4, 0.5) is 0 Å². The molecule has 3 N–H and O–H groups in total. The first kappa shape index (κ1) is 11.4. The van der Waals surface area contributed by atoms with Crippen molar-refractivity contribution in [2.75, 3.05) is 0 Å². The Bertz CT molecular complexity index is 223. The number of carboxylic acid groups (broad SMARTS) is 3. The number of hydrogen-bond acceptors (Lipinski definition) is 6. The van der Waals surface area contributed by atoms with Gasteiger partial charge in [0.15, 0.2) is 0 Å². The van der Waals surface area contributed by atoms with Crippen LogP contribution in [0.3, 0.4) is 0 Å². The number of hydrogen-bond donors (Lipinski definition) is 1. The predicted molar refractivity (Wildman–Crippen MR) is 29.8 cm³/mol. The average Bonchev–Trinajstić information content (AvgIpc) is 1.97. The fourth-order valence-corrected chi connectivity index (χ4v) is 0.669. The molecule has 7 heteroatoms. The monoisotopic (exact) mass is 189 g/mol. The lowest BCUT2D eigenvalue weighted by molar-refractivity contribution is -0.441. The van der Waals surface area contributed by atoms with Crippen molar-refractivity contribution >= 4 is 17.9 Å². The third-order valence-corrected chi connectivity index (χ3v) is 1.42. The molecule has 0 bridgehead atoms. The van der Waals surface area contributed by atoms with Crippen LogP contribution in [0.5, 0.6) is 0 Å². The van der Waals surface area contributed by atoms with Gasteiger partial charge in [-0.2, -0.15) is 0 Å². The molecular weight excluding hydrogens is 182 g/mol. The second-order valence-corrected chi connectivity index (χ2v) is 2.44. The molecule has 0 heterocycles. The molecule has 0 saturated heterocycles. The highest BCUT2D eigenvalue weighted by Crippen LogP contribution is 2.01. The van der Waals surface area contributed by atoms with Gasteiger partial charge in [0.25, 0.3) is 0 Å². The van der Waals surface area contributed by atoms with Crippen LogP contribution in [0.1, 0.15) is 6.42 Å². The van der Waals surface area contributed by atoms with E-state index in [0.717, 1.165) is 0 Å². The Balaban J connectivity index is 4.35. The van der Waals surface area contributed by atoms with Crippen molar-refractivity contribution in [2.24, 2.45) is 5.92 Å². The van der Waals surface area contributed by atoms with Crippen LogP contribution < -0.4 is 21.1 Å². The second-order valence-electron chi connectivity index (χ2n) is 2.44. The molecule has 0 fully saturated rings. The van der Waals surface area contributed by atoms with Crippen LogP contribution in [-0.2, 0) is 14.4 Å². The summed E-state index contributed by atoms with van der Waals surface area (Å²) in [7, 11) is 0. The van der Waals surface area contributed by atoms with Gasteiger partial charge < -0.3 is 35.4 Å².